The Labute approximate surface area is 241 Å². The van der Waals surface area contributed by atoms with Crippen LogP contribution in [0, 0.1) is 29.3 Å². The Morgan fingerprint density at radius 3 is 2.17 bits per heavy atom. The summed E-state index contributed by atoms with van der Waals surface area (Å²) in [7, 11) is 1.29. The number of amides is 1. The molecule has 1 aliphatic carbocycles. The van der Waals surface area contributed by atoms with Crippen molar-refractivity contribution >= 4 is 40.5 Å². The summed E-state index contributed by atoms with van der Waals surface area (Å²) < 4.78 is 48.4. The number of carbonyl (C=O) groups excluding carboxylic acids is 2. The zero-order chi connectivity index (χ0) is 29.1. The molecule has 1 amide bonds. The van der Waals surface area contributed by atoms with Gasteiger partial charge in [0, 0.05) is 23.6 Å². The van der Waals surface area contributed by atoms with Gasteiger partial charge in [0.05, 0.1) is 30.1 Å². The summed E-state index contributed by atoms with van der Waals surface area (Å²) in [6, 6.07) is 13.5. The summed E-state index contributed by atoms with van der Waals surface area (Å²) in [6.45, 7) is 0. The van der Waals surface area contributed by atoms with E-state index in [1.165, 1.54) is 19.2 Å². The lowest BCUT2D eigenvalue weighted by molar-refractivity contribution is -0.140. The second kappa shape index (κ2) is 12.0. The van der Waals surface area contributed by atoms with Gasteiger partial charge in [-0.1, -0.05) is 49.1 Å². The van der Waals surface area contributed by atoms with Crippen LogP contribution in [0.25, 0.3) is 0 Å². The van der Waals surface area contributed by atoms with Crippen molar-refractivity contribution < 1.29 is 27.5 Å². The number of anilines is 3. The molecule has 0 bridgehead atoms. The summed E-state index contributed by atoms with van der Waals surface area (Å²) in [6.07, 6.45) is 4.79. The normalized spacial score (nSPS) is 16.7. The number of esters is 1. The molecule has 5 rings (SSSR count). The smallest absolute Gasteiger partial charge is 0.305 e. The minimum Gasteiger partial charge on any atom is -0.469 e. The third kappa shape index (κ3) is 6.00. The zero-order valence-corrected chi connectivity index (χ0v) is 23.3. The standard InChI is InChI=1S/C31H31ClF3N3O3/c1-41-28(39)14-8-18-7-13-25(24(35)15-18)36-30(40)29(19-5-3-2-4-6-19)31(20-9-11-21(32)12-10-20)37-26-16-22(33)23(34)17-27(26)38-31/h7,9-13,15-17,19,29,37-38H,2-6,8,14H2,1H3,(H,36,40). The van der Waals surface area contributed by atoms with Gasteiger partial charge in [-0.15, -0.1) is 0 Å². The Balaban J connectivity index is 1.52. The summed E-state index contributed by atoms with van der Waals surface area (Å²) in [4.78, 5) is 25.7. The number of hydrogen-bond donors (Lipinski definition) is 3. The van der Waals surface area contributed by atoms with E-state index in [9.17, 15) is 18.4 Å². The minimum absolute atomic E-state index is 0.00326. The van der Waals surface area contributed by atoms with Crippen LogP contribution in [-0.2, 0) is 26.4 Å². The number of halogens is 4. The van der Waals surface area contributed by atoms with Gasteiger partial charge in [0.15, 0.2) is 11.6 Å². The van der Waals surface area contributed by atoms with Crippen molar-refractivity contribution in [2.45, 2.75) is 50.6 Å². The number of aryl methyl sites for hydroxylation is 1. The van der Waals surface area contributed by atoms with Crippen LogP contribution in [0.2, 0.25) is 5.02 Å². The monoisotopic (exact) mass is 585 g/mol. The summed E-state index contributed by atoms with van der Waals surface area (Å²) >= 11 is 6.18. The molecule has 1 saturated carbocycles. The molecule has 1 heterocycles. The van der Waals surface area contributed by atoms with Crippen LogP contribution in [0.4, 0.5) is 30.2 Å². The van der Waals surface area contributed by atoms with Gasteiger partial charge < -0.3 is 20.7 Å². The number of methoxy groups -OCH3 is 1. The number of carbonyl (C=O) groups is 2. The van der Waals surface area contributed by atoms with Gasteiger partial charge in [-0.2, -0.15) is 0 Å². The number of hydrogen-bond acceptors (Lipinski definition) is 5. The molecule has 1 atom stereocenters. The minimum atomic E-state index is -1.30. The highest BCUT2D eigenvalue weighted by atomic mass is 35.5. The topological polar surface area (TPSA) is 79.5 Å². The number of fused-ring (bicyclic) bond motifs is 1. The van der Waals surface area contributed by atoms with E-state index in [-0.39, 0.29) is 18.0 Å². The third-order valence-electron chi connectivity index (χ3n) is 8.03. The molecule has 1 unspecified atom stereocenters. The van der Waals surface area contributed by atoms with Crippen molar-refractivity contribution in [2.24, 2.45) is 11.8 Å². The molecule has 1 fully saturated rings. The molecule has 1 aliphatic heterocycles. The Morgan fingerprint density at radius 1 is 0.951 bits per heavy atom. The molecule has 3 aromatic carbocycles. The van der Waals surface area contributed by atoms with E-state index in [1.807, 2.05) is 0 Å². The summed E-state index contributed by atoms with van der Waals surface area (Å²) in [5.41, 5.74) is 0.559. The Morgan fingerprint density at radius 2 is 1.59 bits per heavy atom. The molecule has 0 aromatic heterocycles. The van der Waals surface area contributed by atoms with Crippen molar-refractivity contribution in [3.05, 3.63) is 88.2 Å². The van der Waals surface area contributed by atoms with Gasteiger partial charge in [0.1, 0.15) is 11.5 Å². The third-order valence-corrected chi connectivity index (χ3v) is 8.28. The molecule has 0 saturated heterocycles. The van der Waals surface area contributed by atoms with Crippen LogP contribution in [-0.4, -0.2) is 19.0 Å². The maximum absolute atomic E-state index is 15.2. The lowest BCUT2D eigenvalue weighted by Gasteiger charge is -2.43. The van der Waals surface area contributed by atoms with E-state index >= 15 is 4.39 Å². The van der Waals surface area contributed by atoms with Gasteiger partial charge >= 0.3 is 5.97 Å². The highest BCUT2D eigenvalue weighted by Gasteiger charge is 2.52. The summed E-state index contributed by atoms with van der Waals surface area (Å²) in [5, 5.41) is 9.90. The number of nitrogens with one attached hydrogen (secondary N) is 3. The van der Waals surface area contributed by atoms with E-state index < -0.39 is 40.9 Å². The first kappa shape index (κ1) is 28.8. The molecule has 0 spiro atoms. The van der Waals surface area contributed by atoms with Crippen molar-refractivity contribution in [2.75, 3.05) is 23.1 Å². The van der Waals surface area contributed by atoms with Crippen molar-refractivity contribution in [1.29, 1.82) is 0 Å². The van der Waals surface area contributed by atoms with Crippen LogP contribution in [0.5, 0.6) is 0 Å². The lowest BCUT2D eigenvalue weighted by Crippen LogP contribution is -2.54. The SMILES string of the molecule is COC(=O)CCc1ccc(NC(=O)C(C2CCCCC2)C2(c3ccc(Cl)cc3)Nc3cc(F)c(F)cc3N2)c(F)c1. The molecule has 41 heavy (non-hydrogen) atoms. The van der Waals surface area contributed by atoms with E-state index in [2.05, 4.69) is 20.7 Å². The molecular weight excluding hydrogens is 555 g/mol. The first-order chi connectivity index (χ1) is 19.7. The second-order valence-electron chi connectivity index (χ2n) is 10.6. The number of benzene rings is 3. The Hall–Kier alpha value is -3.72. The fourth-order valence-corrected chi connectivity index (χ4v) is 6.13. The molecule has 3 aromatic rings. The number of ether oxygens (including phenoxy) is 1. The molecule has 216 valence electrons. The largest absolute Gasteiger partial charge is 0.469 e. The van der Waals surface area contributed by atoms with E-state index in [1.54, 1.807) is 30.3 Å². The number of rotatable bonds is 8. The molecule has 6 nitrogen and oxygen atoms in total. The predicted molar refractivity (Wildman–Crippen MR) is 152 cm³/mol. The first-order valence-corrected chi connectivity index (χ1v) is 14.1. The predicted octanol–water partition coefficient (Wildman–Crippen LogP) is 7.39. The van der Waals surface area contributed by atoms with Gasteiger partial charge in [0.25, 0.3) is 0 Å². The van der Waals surface area contributed by atoms with Crippen molar-refractivity contribution in [3.63, 3.8) is 0 Å². The van der Waals surface area contributed by atoms with Gasteiger partial charge in [-0.3, -0.25) is 9.59 Å². The molecule has 3 N–H and O–H groups in total. The summed E-state index contributed by atoms with van der Waals surface area (Å²) in [5.74, 6) is -4.43. The van der Waals surface area contributed by atoms with Crippen LogP contribution in [0.1, 0.15) is 49.7 Å². The zero-order valence-electron chi connectivity index (χ0n) is 22.5. The highest BCUT2D eigenvalue weighted by molar-refractivity contribution is 6.30. The van der Waals surface area contributed by atoms with Crippen LogP contribution >= 0.6 is 11.6 Å². The molecular formula is C31H31ClF3N3O3. The van der Waals surface area contributed by atoms with Crippen LogP contribution in [0.3, 0.4) is 0 Å². The first-order valence-electron chi connectivity index (χ1n) is 13.7. The Bertz CT molecular complexity index is 1410. The average molecular weight is 586 g/mol. The quantitative estimate of drug-likeness (QED) is 0.240. The molecule has 10 heteroatoms. The van der Waals surface area contributed by atoms with Crippen molar-refractivity contribution in [1.82, 2.24) is 0 Å². The highest BCUT2D eigenvalue weighted by Crippen LogP contribution is 2.49. The van der Waals surface area contributed by atoms with Crippen LogP contribution in [0.15, 0.2) is 54.6 Å². The van der Waals surface area contributed by atoms with Gasteiger partial charge in [0.2, 0.25) is 5.91 Å². The van der Waals surface area contributed by atoms with E-state index in [0.29, 0.717) is 33.9 Å². The van der Waals surface area contributed by atoms with Crippen LogP contribution < -0.4 is 16.0 Å². The average Bonchev–Trinajstić information content (AvgIpc) is 3.32. The maximum Gasteiger partial charge on any atom is 0.305 e. The second-order valence-corrected chi connectivity index (χ2v) is 11.1. The lowest BCUT2D eigenvalue weighted by atomic mass is 9.71. The molecule has 2 aliphatic rings. The maximum atomic E-state index is 15.2. The van der Waals surface area contributed by atoms with E-state index in [4.69, 9.17) is 11.6 Å². The van der Waals surface area contributed by atoms with E-state index in [0.717, 1.165) is 44.2 Å². The molecule has 0 radical (unpaired) electrons. The fourth-order valence-electron chi connectivity index (χ4n) is 6.01. The van der Waals surface area contributed by atoms with Gasteiger partial charge in [-0.05, 0) is 60.6 Å². The fraction of sp³-hybridized carbons (Fsp3) is 0.355. The Kier molecular flexibility index (Phi) is 8.45. The van der Waals surface area contributed by atoms with Crippen molar-refractivity contribution in [3.8, 4) is 0 Å². The van der Waals surface area contributed by atoms with Gasteiger partial charge in [-0.25, -0.2) is 13.2 Å².